The van der Waals surface area contributed by atoms with Crippen LogP contribution in [0.5, 0.6) is 0 Å². The SMILES string of the molecule is CCCNc1ccc([N+](=O)[O-])c2c1=NC(C)(c1ccc([N+](=O)[O-])cc1)N=2. The van der Waals surface area contributed by atoms with E-state index in [-0.39, 0.29) is 16.7 Å². The molecule has 0 saturated heterocycles. The van der Waals surface area contributed by atoms with Crippen LogP contribution in [0.15, 0.2) is 46.4 Å². The Bertz CT molecular complexity index is 1000. The summed E-state index contributed by atoms with van der Waals surface area (Å²) in [6, 6.07) is 8.94. The van der Waals surface area contributed by atoms with E-state index in [1.165, 1.54) is 18.2 Å². The van der Waals surface area contributed by atoms with Crippen LogP contribution in [0.25, 0.3) is 0 Å². The Labute approximate surface area is 148 Å². The third-order valence-corrected chi connectivity index (χ3v) is 4.18. The zero-order valence-corrected chi connectivity index (χ0v) is 14.3. The summed E-state index contributed by atoms with van der Waals surface area (Å²) in [6.07, 6.45) is 0.891. The number of non-ortho nitro benzene ring substituents is 2. The number of fused-ring (bicyclic) bond motifs is 1. The number of nitrogens with one attached hydrogen (secondary N) is 1. The van der Waals surface area contributed by atoms with Crippen molar-refractivity contribution in [2.45, 2.75) is 25.9 Å². The van der Waals surface area contributed by atoms with Crippen molar-refractivity contribution < 1.29 is 9.85 Å². The Morgan fingerprint density at radius 2 is 1.65 bits per heavy atom. The third-order valence-electron chi connectivity index (χ3n) is 4.18. The largest absolute Gasteiger partial charge is 0.383 e. The molecule has 1 heterocycles. The number of hydrogen-bond acceptors (Lipinski definition) is 7. The normalized spacial score (nSPS) is 17.8. The minimum atomic E-state index is -1.08. The predicted octanol–water partition coefficient (Wildman–Crippen LogP) is 2.45. The van der Waals surface area contributed by atoms with E-state index in [0.29, 0.717) is 23.2 Å². The van der Waals surface area contributed by atoms with E-state index in [2.05, 4.69) is 15.3 Å². The van der Waals surface area contributed by atoms with Gasteiger partial charge in [0.25, 0.3) is 11.4 Å². The maximum atomic E-state index is 11.4. The lowest BCUT2D eigenvalue weighted by Crippen LogP contribution is -2.28. The van der Waals surface area contributed by atoms with Gasteiger partial charge in [0.1, 0.15) is 5.36 Å². The van der Waals surface area contributed by atoms with Gasteiger partial charge in [-0.3, -0.25) is 20.2 Å². The summed E-state index contributed by atoms with van der Waals surface area (Å²) in [5, 5.41) is 26.1. The summed E-state index contributed by atoms with van der Waals surface area (Å²) in [5.41, 5.74) is 0.0733. The second-order valence-electron chi connectivity index (χ2n) is 6.06. The quantitative estimate of drug-likeness (QED) is 0.630. The fourth-order valence-corrected chi connectivity index (χ4v) is 2.83. The van der Waals surface area contributed by atoms with E-state index >= 15 is 0 Å². The van der Waals surface area contributed by atoms with E-state index in [0.717, 1.165) is 6.42 Å². The number of nitrogens with zero attached hydrogens (tertiary/aromatic N) is 4. The summed E-state index contributed by atoms with van der Waals surface area (Å²) in [7, 11) is 0. The van der Waals surface area contributed by atoms with Crippen molar-refractivity contribution in [2.24, 2.45) is 9.98 Å². The molecule has 2 aromatic carbocycles. The molecule has 134 valence electrons. The van der Waals surface area contributed by atoms with Crippen molar-refractivity contribution in [1.82, 2.24) is 0 Å². The van der Waals surface area contributed by atoms with Gasteiger partial charge in [0.2, 0.25) is 0 Å². The van der Waals surface area contributed by atoms with Crippen molar-refractivity contribution in [3.63, 3.8) is 0 Å². The Morgan fingerprint density at radius 3 is 2.23 bits per heavy atom. The van der Waals surface area contributed by atoms with Crippen LogP contribution in [0, 0.1) is 20.2 Å². The number of anilines is 1. The number of nitro benzene ring substituents is 2. The summed E-state index contributed by atoms with van der Waals surface area (Å²) in [4.78, 5) is 30.3. The zero-order chi connectivity index (χ0) is 18.9. The Kier molecular flexibility index (Phi) is 4.37. The molecule has 1 aliphatic heterocycles. The van der Waals surface area contributed by atoms with Gasteiger partial charge in [-0.05, 0) is 31.5 Å². The first kappa shape index (κ1) is 17.5. The fourth-order valence-electron chi connectivity index (χ4n) is 2.83. The molecule has 26 heavy (non-hydrogen) atoms. The fraction of sp³-hybridized carbons (Fsp3) is 0.294. The molecule has 0 amide bonds. The average molecular weight is 355 g/mol. The number of rotatable bonds is 6. The number of hydrogen-bond donors (Lipinski definition) is 1. The molecule has 0 radical (unpaired) electrons. The van der Waals surface area contributed by atoms with E-state index in [1.807, 2.05) is 6.92 Å². The van der Waals surface area contributed by atoms with Gasteiger partial charge < -0.3 is 5.32 Å². The first-order valence-electron chi connectivity index (χ1n) is 8.11. The molecule has 0 spiro atoms. The molecule has 1 unspecified atom stereocenters. The molecule has 0 fully saturated rings. The van der Waals surface area contributed by atoms with Crippen LogP contribution in [-0.2, 0) is 5.66 Å². The van der Waals surface area contributed by atoms with Crippen LogP contribution in [-0.4, -0.2) is 16.4 Å². The second-order valence-corrected chi connectivity index (χ2v) is 6.06. The molecule has 9 nitrogen and oxygen atoms in total. The molecule has 1 atom stereocenters. The van der Waals surface area contributed by atoms with Crippen LogP contribution in [0.2, 0.25) is 0 Å². The first-order chi connectivity index (χ1) is 12.4. The number of nitro groups is 2. The summed E-state index contributed by atoms with van der Waals surface area (Å²) in [5.74, 6) is 0. The standard InChI is InChI=1S/C17H17N5O4/c1-3-10-18-13-8-9-14(22(25)26)16-15(13)19-17(2,20-16)11-4-6-12(7-5-11)21(23)24/h4-9,18H,3,10H2,1-2H3. The van der Waals surface area contributed by atoms with Crippen LogP contribution >= 0.6 is 0 Å². The molecular weight excluding hydrogens is 338 g/mol. The minimum absolute atomic E-state index is 0.0378. The van der Waals surface area contributed by atoms with Gasteiger partial charge >= 0.3 is 0 Å². The molecule has 0 aliphatic carbocycles. The van der Waals surface area contributed by atoms with Gasteiger partial charge in [-0.1, -0.05) is 6.92 Å². The van der Waals surface area contributed by atoms with Gasteiger partial charge in [-0.15, -0.1) is 0 Å². The monoisotopic (exact) mass is 355 g/mol. The molecule has 0 saturated carbocycles. The second kappa shape index (κ2) is 6.51. The third kappa shape index (κ3) is 2.99. The minimum Gasteiger partial charge on any atom is -0.383 e. The lowest BCUT2D eigenvalue weighted by atomic mass is 10.0. The summed E-state index contributed by atoms with van der Waals surface area (Å²) in [6.45, 7) is 4.44. The number of benzene rings is 2. The molecular formula is C17H17N5O4. The van der Waals surface area contributed by atoms with Gasteiger partial charge in [0.15, 0.2) is 11.0 Å². The summed E-state index contributed by atoms with van der Waals surface area (Å²) < 4.78 is 0. The molecule has 1 N–H and O–H groups in total. The van der Waals surface area contributed by atoms with E-state index < -0.39 is 15.5 Å². The molecule has 0 bridgehead atoms. The van der Waals surface area contributed by atoms with Gasteiger partial charge in [0, 0.05) is 30.3 Å². The van der Waals surface area contributed by atoms with Gasteiger partial charge in [-0.25, -0.2) is 9.98 Å². The predicted molar refractivity (Wildman–Crippen MR) is 94.6 cm³/mol. The maximum absolute atomic E-state index is 11.4. The average Bonchev–Trinajstić information content (AvgIpc) is 2.98. The molecule has 1 aliphatic rings. The maximum Gasteiger partial charge on any atom is 0.296 e. The lowest BCUT2D eigenvalue weighted by Gasteiger charge is -2.17. The zero-order valence-electron chi connectivity index (χ0n) is 14.3. The van der Waals surface area contributed by atoms with Crippen LogP contribution < -0.4 is 16.0 Å². The summed E-state index contributed by atoms with van der Waals surface area (Å²) >= 11 is 0. The van der Waals surface area contributed by atoms with Crippen molar-refractivity contribution in [2.75, 3.05) is 11.9 Å². The highest BCUT2D eigenvalue weighted by atomic mass is 16.6. The van der Waals surface area contributed by atoms with E-state index in [9.17, 15) is 20.2 Å². The molecule has 0 aromatic heterocycles. The first-order valence-corrected chi connectivity index (χ1v) is 8.11. The topological polar surface area (TPSA) is 123 Å². The molecule has 2 aromatic rings. The van der Waals surface area contributed by atoms with Crippen molar-refractivity contribution in [3.05, 3.63) is 72.9 Å². The Balaban J connectivity index is 2.15. The highest BCUT2D eigenvalue weighted by molar-refractivity contribution is 5.49. The highest BCUT2D eigenvalue weighted by Crippen LogP contribution is 2.30. The van der Waals surface area contributed by atoms with Crippen molar-refractivity contribution in [1.29, 1.82) is 0 Å². The molecule has 9 heteroatoms. The van der Waals surface area contributed by atoms with Crippen LogP contribution in [0.1, 0.15) is 25.8 Å². The van der Waals surface area contributed by atoms with Gasteiger partial charge in [0.05, 0.1) is 15.5 Å². The molecule has 3 rings (SSSR count). The Hall–Kier alpha value is -3.36. The van der Waals surface area contributed by atoms with Crippen molar-refractivity contribution in [3.8, 4) is 0 Å². The lowest BCUT2D eigenvalue weighted by molar-refractivity contribution is -0.386. The van der Waals surface area contributed by atoms with Crippen LogP contribution in [0.3, 0.4) is 0 Å². The Morgan fingerprint density at radius 1 is 1.00 bits per heavy atom. The van der Waals surface area contributed by atoms with E-state index in [1.54, 1.807) is 25.1 Å². The van der Waals surface area contributed by atoms with E-state index in [4.69, 9.17) is 0 Å². The highest BCUT2D eigenvalue weighted by Gasteiger charge is 2.32. The van der Waals surface area contributed by atoms with Gasteiger partial charge in [-0.2, -0.15) is 0 Å². The smallest absolute Gasteiger partial charge is 0.296 e. The van der Waals surface area contributed by atoms with Crippen molar-refractivity contribution >= 4 is 17.1 Å². The van der Waals surface area contributed by atoms with Crippen LogP contribution in [0.4, 0.5) is 17.1 Å².